The first-order valence-electron chi connectivity index (χ1n) is 5.16. The number of rotatable bonds is 4. The molecule has 0 unspecified atom stereocenters. The first-order chi connectivity index (χ1) is 7.86. The molecule has 0 fully saturated rings. The molecule has 0 saturated heterocycles. The zero-order valence-electron chi connectivity index (χ0n) is 9.36. The van der Waals surface area contributed by atoms with Crippen molar-refractivity contribution in [3.8, 4) is 22.9 Å². The summed E-state index contributed by atoms with van der Waals surface area (Å²) >= 11 is 0. The predicted molar refractivity (Wildman–Crippen MR) is 61.7 cm³/mol. The standard InChI is InChI=1S/C12H14N2O2/c1-3-16-11-9(12-13-7-8-14-12)5-4-6-10(11)15-2/h4-8H,3H2,1-2H3,(H,13,14). The lowest BCUT2D eigenvalue weighted by atomic mass is 10.1. The summed E-state index contributed by atoms with van der Waals surface area (Å²) in [7, 11) is 1.63. The summed E-state index contributed by atoms with van der Waals surface area (Å²) in [5.41, 5.74) is 0.909. The van der Waals surface area contributed by atoms with Gasteiger partial charge >= 0.3 is 0 Å². The van der Waals surface area contributed by atoms with E-state index in [-0.39, 0.29) is 0 Å². The van der Waals surface area contributed by atoms with Crippen LogP contribution in [-0.4, -0.2) is 23.7 Å². The van der Waals surface area contributed by atoms with Crippen molar-refractivity contribution in [3.05, 3.63) is 30.6 Å². The first-order valence-corrected chi connectivity index (χ1v) is 5.16. The fraction of sp³-hybridized carbons (Fsp3) is 0.250. The molecule has 4 heteroatoms. The van der Waals surface area contributed by atoms with Crippen molar-refractivity contribution < 1.29 is 9.47 Å². The summed E-state index contributed by atoms with van der Waals surface area (Å²) < 4.78 is 10.9. The van der Waals surface area contributed by atoms with Gasteiger partial charge in [0.25, 0.3) is 0 Å². The van der Waals surface area contributed by atoms with E-state index in [1.54, 1.807) is 19.5 Å². The van der Waals surface area contributed by atoms with E-state index < -0.39 is 0 Å². The molecule has 0 saturated carbocycles. The topological polar surface area (TPSA) is 47.1 Å². The van der Waals surface area contributed by atoms with Crippen LogP contribution in [0.5, 0.6) is 11.5 Å². The second kappa shape index (κ2) is 4.70. The maximum Gasteiger partial charge on any atom is 0.172 e. The molecule has 1 aromatic carbocycles. The van der Waals surface area contributed by atoms with Gasteiger partial charge < -0.3 is 14.5 Å². The number of hydrogen-bond donors (Lipinski definition) is 1. The molecular formula is C12H14N2O2. The van der Waals surface area contributed by atoms with E-state index in [1.807, 2.05) is 25.1 Å². The normalized spacial score (nSPS) is 10.1. The Morgan fingerprint density at radius 1 is 1.38 bits per heavy atom. The highest BCUT2D eigenvalue weighted by Gasteiger charge is 2.13. The molecule has 16 heavy (non-hydrogen) atoms. The van der Waals surface area contributed by atoms with Crippen molar-refractivity contribution in [2.45, 2.75) is 6.92 Å². The van der Waals surface area contributed by atoms with Gasteiger partial charge in [-0.15, -0.1) is 0 Å². The number of ether oxygens (including phenoxy) is 2. The van der Waals surface area contributed by atoms with Gasteiger partial charge in [-0.3, -0.25) is 0 Å². The molecule has 1 heterocycles. The van der Waals surface area contributed by atoms with Crippen LogP contribution >= 0.6 is 0 Å². The third-order valence-corrected chi connectivity index (χ3v) is 2.24. The van der Waals surface area contributed by atoms with Crippen LogP contribution in [0.1, 0.15) is 6.92 Å². The Labute approximate surface area is 94.2 Å². The van der Waals surface area contributed by atoms with Gasteiger partial charge in [-0.2, -0.15) is 0 Å². The Morgan fingerprint density at radius 3 is 2.88 bits per heavy atom. The fourth-order valence-corrected chi connectivity index (χ4v) is 1.57. The maximum absolute atomic E-state index is 5.60. The number of para-hydroxylation sites is 1. The number of benzene rings is 1. The van der Waals surface area contributed by atoms with E-state index in [4.69, 9.17) is 9.47 Å². The second-order valence-corrected chi connectivity index (χ2v) is 3.21. The molecule has 1 aromatic heterocycles. The molecular weight excluding hydrogens is 204 g/mol. The summed E-state index contributed by atoms with van der Waals surface area (Å²) in [5, 5.41) is 0. The molecule has 0 atom stereocenters. The lowest BCUT2D eigenvalue weighted by Gasteiger charge is -2.12. The number of nitrogens with zero attached hydrogens (tertiary/aromatic N) is 1. The lowest BCUT2D eigenvalue weighted by Crippen LogP contribution is -1.98. The third kappa shape index (κ3) is 1.86. The van der Waals surface area contributed by atoms with Crippen molar-refractivity contribution in [3.63, 3.8) is 0 Å². The smallest absolute Gasteiger partial charge is 0.172 e. The Morgan fingerprint density at radius 2 is 2.25 bits per heavy atom. The highest BCUT2D eigenvalue weighted by atomic mass is 16.5. The molecule has 0 spiro atoms. The summed E-state index contributed by atoms with van der Waals surface area (Å²) in [6, 6.07) is 5.74. The van der Waals surface area contributed by atoms with Crippen LogP contribution in [0.2, 0.25) is 0 Å². The number of imidazole rings is 1. The van der Waals surface area contributed by atoms with Crippen LogP contribution in [0.15, 0.2) is 30.6 Å². The quantitative estimate of drug-likeness (QED) is 0.857. The average Bonchev–Trinajstić information content (AvgIpc) is 2.83. The number of hydrogen-bond acceptors (Lipinski definition) is 3. The zero-order chi connectivity index (χ0) is 11.4. The van der Waals surface area contributed by atoms with E-state index in [2.05, 4.69) is 9.97 Å². The van der Waals surface area contributed by atoms with Crippen LogP contribution in [0.4, 0.5) is 0 Å². The van der Waals surface area contributed by atoms with Gasteiger partial charge in [0.15, 0.2) is 11.5 Å². The number of aromatic amines is 1. The van der Waals surface area contributed by atoms with Gasteiger partial charge in [0.2, 0.25) is 0 Å². The highest BCUT2D eigenvalue weighted by Crippen LogP contribution is 2.36. The van der Waals surface area contributed by atoms with E-state index >= 15 is 0 Å². The van der Waals surface area contributed by atoms with Crippen LogP contribution in [-0.2, 0) is 0 Å². The Bertz CT molecular complexity index is 452. The number of methoxy groups -OCH3 is 1. The van der Waals surface area contributed by atoms with Gasteiger partial charge in [0.05, 0.1) is 19.3 Å². The second-order valence-electron chi connectivity index (χ2n) is 3.21. The minimum Gasteiger partial charge on any atom is -0.493 e. The summed E-state index contributed by atoms with van der Waals surface area (Å²) in [6.07, 6.45) is 3.50. The van der Waals surface area contributed by atoms with Gasteiger partial charge in [0, 0.05) is 12.4 Å². The molecule has 4 nitrogen and oxygen atoms in total. The summed E-state index contributed by atoms with van der Waals surface area (Å²) in [5.74, 6) is 2.22. The average molecular weight is 218 g/mol. The molecule has 0 aliphatic rings. The molecule has 84 valence electrons. The number of H-pyrrole nitrogens is 1. The minimum atomic E-state index is 0.591. The van der Waals surface area contributed by atoms with Crippen molar-refractivity contribution in [1.29, 1.82) is 0 Å². The fourth-order valence-electron chi connectivity index (χ4n) is 1.57. The maximum atomic E-state index is 5.60. The predicted octanol–water partition coefficient (Wildman–Crippen LogP) is 2.48. The van der Waals surface area contributed by atoms with E-state index in [0.29, 0.717) is 6.61 Å². The van der Waals surface area contributed by atoms with Crippen molar-refractivity contribution in [1.82, 2.24) is 9.97 Å². The van der Waals surface area contributed by atoms with Gasteiger partial charge in [-0.1, -0.05) is 6.07 Å². The van der Waals surface area contributed by atoms with E-state index in [9.17, 15) is 0 Å². The summed E-state index contributed by atoms with van der Waals surface area (Å²) in [6.45, 7) is 2.53. The zero-order valence-corrected chi connectivity index (χ0v) is 9.36. The number of aromatic nitrogens is 2. The molecule has 0 bridgehead atoms. The minimum absolute atomic E-state index is 0.591. The van der Waals surface area contributed by atoms with Crippen LogP contribution < -0.4 is 9.47 Å². The van der Waals surface area contributed by atoms with Crippen LogP contribution in [0.25, 0.3) is 11.4 Å². The molecule has 2 rings (SSSR count). The largest absolute Gasteiger partial charge is 0.493 e. The monoisotopic (exact) mass is 218 g/mol. The van der Waals surface area contributed by atoms with Crippen molar-refractivity contribution >= 4 is 0 Å². The summed E-state index contributed by atoms with van der Waals surface area (Å²) in [4.78, 5) is 7.27. The first kappa shape index (κ1) is 10.5. The van der Waals surface area contributed by atoms with Crippen LogP contribution in [0.3, 0.4) is 0 Å². The van der Waals surface area contributed by atoms with Crippen molar-refractivity contribution in [2.75, 3.05) is 13.7 Å². The van der Waals surface area contributed by atoms with Gasteiger partial charge in [0.1, 0.15) is 5.82 Å². The van der Waals surface area contributed by atoms with Crippen LogP contribution in [0, 0.1) is 0 Å². The third-order valence-electron chi connectivity index (χ3n) is 2.24. The Kier molecular flexibility index (Phi) is 3.10. The molecule has 2 aromatic rings. The Balaban J connectivity index is 2.51. The van der Waals surface area contributed by atoms with E-state index in [1.165, 1.54) is 0 Å². The molecule has 0 aliphatic carbocycles. The molecule has 0 amide bonds. The number of nitrogens with one attached hydrogen (secondary N) is 1. The van der Waals surface area contributed by atoms with Gasteiger partial charge in [-0.05, 0) is 19.1 Å². The molecule has 0 aliphatic heterocycles. The Hall–Kier alpha value is -1.97. The SMILES string of the molecule is CCOc1c(OC)cccc1-c1ncc[nH]1. The lowest BCUT2D eigenvalue weighted by molar-refractivity contribution is 0.312. The highest BCUT2D eigenvalue weighted by molar-refractivity contribution is 5.68. The van der Waals surface area contributed by atoms with Crippen molar-refractivity contribution in [2.24, 2.45) is 0 Å². The van der Waals surface area contributed by atoms with Gasteiger partial charge in [-0.25, -0.2) is 4.98 Å². The molecule has 0 radical (unpaired) electrons. The van der Waals surface area contributed by atoms with E-state index in [0.717, 1.165) is 22.9 Å². The molecule has 1 N–H and O–H groups in total.